The van der Waals surface area contributed by atoms with Crippen LogP contribution in [0.1, 0.15) is 54.6 Å². The van der Waals surface area contributed by atoms with Crippen molar-refractivity contribution in [2.24, 2.45) is 0 Å². The van der Waals surface area contributed by atoms with Crippen molar-refractivity contribution in [1.29, 1.82) is 0 Å². The van der Waals surface area contributed by atoms with Crippen LogP contribution in [-0.4, -0.2) is 37.1 Å². The molecule has 4 heteroatoms. The second kappa shape index (κ2) is 9.16. The minimum atomic E-state index is -0.204. The fourth-order valence-corrected chi connectivity index (χ4v) is 3.43. The van der Waals surface area contributed by atoms with E-state index in [9.17, 15) is 4.79 Å². The van der Waals surface area contributed by atoms with Crippen molar-refractivity contribution < 1.29 is 9.53 Å². The molecule has 0 N–H and O–H groups in total. The smallest absolute Gasteiger partial charge is 0.338 e. The van der Waals surface area contributed by atoms with Crippen LogP contribution in [0.25, 0.3) is 0 Å². The van der Waals surface area contributed by atoms with E-state index >= 15 is 0 Å². The van der Waals surface area contributed by atoms with Crippen LogP contribution < -0.4 is 0 Å². The number of fused-ring (bicyclic) bond motifs is 1. The molecule has 3 nitrogen and oxygen atoms in total. The van der Waals surface area contributed by atoms with E-state index in [0.29, 0.717) is 6.04 Å². The molecule has 0 aliphatic heterocycles. The highest BCUT2D eigenvalue weighted by atomic mass is 35.5. The summed E-state index contributed by atoms with van der Waals surface area (Å²) in [6, 6.07) is 6.59. The summed E-state index contributed by atoms with van der Waals surface area (Å²) in [5.41, 5.74) is 3.28. The van der Waals surface area contributed by atoms with Crippen molar-refractivity contribution in [3.63, 3.8) is 0 Å². The molecule has 1 aliphatic carbocycles. The molecule has 1 atom stereocenters. The van der Waals surface area contributed by atoms with E-state index in [1.54, 1.807) is 0 Å². The van der Waals surface area contributed by atoms with Crippen LogP contribution in [0, 0.1) is 0 Å². The molecule has 0 fully saturated rings. The standard InChI is InChI=1S/C18H27NO2.ClH/c1-4-11-19(12-5-2)15-10-9-14-7-6-8-16(17(14)13-15)18(20)21-3;/h6-8,15H,4-5,9-13H2,1-3H3;1H. The zero-order valence-corrected chi connectivity index (χ0v) is 14.7. The Morgan fingerprint density at radius 2 is 1.95 bits per heavy atom. The summed E-state index contributed by atoms with van der Waals surface area (Å²) in [6.45, 7) is 6.76. The number of hydrogen-bond donors (Lipinski definition) is 0. The number of esters is 1. The summed E-state index contributed by atoms with van der Waals surface area (Å²) >= 11 is 0. The first kappa shape index (κ1) is 19.0. The Morgan fingerprint density at radius 3 is 2.55 bits per heavy atom. The number of halogens is 1. The summed E-state index contributed by atoms with van der Waals surface area (Å²) in [5, 5.41) is 0. The molecule has 0 heterocycles. The fraction of sp³-hybridized carbons (Fsp3) is 0.611. The molecule has 22 heavy (non-hydrogen) atoms. The van der Waals surface area contributed by atoms with Crippen molar-refractivity contribution in [3.8, 4) is 0 Å². The van der Waals surface area contributed by atoms with E-state index in [-0.39, 0.29) is 18.4 Å². The number of aryl methyl sites for hydroxylation is 1. The minimum absolute atomic E-state index is 0. The first-order chi connectivity index (χ1) is 10.2. The number of methoxy groups -OCH3 is 1. The zero-order valence-electron chi connectivity index (χ0n) is 13.9. The normalized spacial score (nSPS) is 16.8. The van der Waals surface area contributed by atoms with Crippen LogP contribution >= 0.6 is 12.4 Å². The van der Waals surface area contributed by atoms with Gasteiger partial charge in [-0.05, 0) is 62.4 Å². The lowest BCUT2D eigenvalue weighted by Gasteiger charge is -2.35. The van der Waals surface area contributed by atoms with Gasteiger partial charge in [0.15, 0.2) is 0 Å². The predicted octanol–water partition coefficient (Wildman–Crippen LogP) is 3.87. The summed E-state index contributed by atoms with van der Waals surface area (Å²) < 4.78 is 4.94. The van der Waals surface area contributed by atoms with Gasteiger partial charge < -0.3 is 9.64 Å². The Labute approximate surface area is 140 Å². The molecule has 1 aromatic carbocycles. The Bertz CT molecular complexity index is 484. The van der Waals surface area contributed by atoms with Crippen LogP contribution in [0.2, 0.25) is 0 Å². The third kappa shape index (κ3) is 4.23. The van der Waals surface area contributed by atoms with Crippen molar-refractivity contribution in [2.75, 3.05) is 20.2 Å². The molecular formula is C18H28ClNO2. The molecule has 0 aromatic heterocycles. The van der Waals surface area contributed by atoms with Gasteiger partial charge in [-0.2, -0.15) is 0 Å². The number of rotatable bonds is 6. The van der Waals surface area contributed by atoms with Gasteiger partial charge in [0, 0.05) is 6.04 Å². The zero-order chi connectivity index (χ0) is 15.2. The fourth-order valence-electron chi connectivity index (χ4n) is 3.43. The largest absolute Gasteiger partial charge is 0.465 e. The van der Waals surface area contributed by atoms with E-state index in [1.807, 2.05) is 12.1 Å². The van der Waals surface area contributed by atoms with Gasteiger partial charge in [-0.15, -0.1) is 12.4 Å². The molecule has 0 amide bonds. The van der Waals surface area contributed by atoms with Crippen molar-refractivity contribution in [1.82, 2.24) is 4.90 Å². The highest BCUT2D eigenvalue weighted by molar-refractivity contribution is 5.91. The van der Waals surface area contributed by atoms with Gasteiger partial charge in [0.2, 0.25) is 0 Å². The van der Waals surface area contributed by atoms with Gasteiger partial charge in [-0.3, -0.25) is 0 Å². The molecule has 124 valence electrons. The third-order valence-electron chi connectivity index (χ3n) is 4.40. The van der Waals surface area contributed by atoms with Crippen molar-refractivity contribution in [3.05, 3.63) is 34.9 Å². The monoisotopic (exact) mass is 325 g/mol. The van der Waals surface area contributed by atoms with Gasteiger partial charge >= 0.3 is 5.97 Å². The molecule has 1 aromatic rings. The van der Waals surface area contributed by atoms with Crippen LogP contribution in [0.15, 0.2) is 18.2 Å². The van der Waals surface area contributed by atoms with Gasteiger partial charge in [-0.25, -0.2) is 4.79 Å². The first-order valence-electron chi connectivity index (χ1n) is 8.14. The summed E-state index contributed by atoms with van der Waals surface area (Å²) in [4.78, 5) is 14.6. The van der Waals surface area contributed by atoms with Gasteiger partial charge in [-0.1, -0.05) is 26.0 Å². The first-order valence-corrected chi connectivity index (χ1v) is 8.14. The molecule has 1 unspecified atom stereocenters. The number of carbonyl (C=O) groups is 1. The lowest BCUT2D eigenvalue weighted by atomic mass is 9.84. The number of nitrogens with zero attached hydrogens (tertiary/aromatic N) is 1. The molecular weight excluding hydrogens is 298 g/mol. The van der Waals surface area contributed by atoms with Crippen LogP contribution in [0.3, 0.4) is 0 Å². The van der Waals surface area contributed by atoms with Gasteiger partial charge in [0.1, 0.15) is 0 Å². The Morgan fingerprint density at radius 1 is 1.27 bits per heavy atom. The maximum atomic E-state index is 12.0. The number of ether oxygens (including phenoxy) is 1. The summed E-state index contributed by atoms with van der Waals surface area (Å²) in [5.74, 6) is -0.204. The molecule has 0 spiro atoms. The van der Waals surface area contributed by atoms with Crippen LogP contribution in [0.5, 0.6) is 0 Å². The van der Waals surface area contributed by atoms with Crippen molar-refractivity contribution in [2.45, 2.75) is 52.0 Å². The highest BCUT2D eigenvalue weighted by Gasteiger charge is 2.26. The third-order valence-corrected chi connectivity index (χ3v) is 4.40. The van der Waals surface area contributed by atoms with Crippen molar-refractivity contribution >= 4 is 18.4 Å². The Balaban J connectivity index is 0.00000242. The SMILES string of the molecule is CCCN(CCC)C1CCc2cccc(C(=O)OC)c2C1.Cl. The predicted molar refractivity (Wildman–Crippen MR) is 93.0 cm³/mol. The summed E-state index contributed by atoms with van der Waals surface area (Å²) in [6.07, 6.45) is 5.59. The molecule has 0 bridgehead atoms. The summed E-state index contributed by atoms with van der Waals surface area (Å²) in [7, 11) is 1.46. The Hall–Kier alpha value is -1.06. The van der Waals surface area contributed by atoms with Crippen LogP contribution in [0.4, 0.5) is 0 Å². The number of hydrogen-bond acceptors (Lipinski definition) is 3. The molecule has 2 rings (SSSR count). The average Bonchev–Trinajstić information content (AvgIpc) is 2.53. The van der Waals surface area contributed by atoms with Gasteiger partial charge in [0.25, 0.3) is 0 Å². The second-order valence-corrected chi connectivity index (χ2v) is 5.87. The lowest BCUT2D eigenvalue weighted by molar-refractivity contribution is 0.0598. The van der Waals surface area contributed by atoms with E-state index in [0.717, 1.165) is 31.5 Å². The van der Waals surface area contributed by atoms with E-state index in [4.69, 9.17) is 4.74 Å². The average molecular weight is 326 g/mol. The molecule has 0 radical (unpaired) electrons. The van der Waals surface area contributed by atoms with E-state index in [2.05, 4.69) is 24.8 Å². The van der Waals surface area contributed by atoms with E-state index < -0.39 is 0 Å². The quantitative estimate of drug-likeness (QED) is 0.743. The van der Waals surface area contributed by atoms with E-state index in [1.165, 1.54) is 37.5 Å². The van der Waals surface area contributed by atoms with Gasteiger partial charge in [0.05, 0.1) is 12.7 Å². The number of carbonyl (C=O) groups excluding carboxylic acids is 1. The minimum Gasteiger partial charge on any atom is -0.465 e. The highest BCUT2D eigenvalue weighted by Crippen LogP contribution is 2.28. The lowest BCUT2D eigenvalue weighted by Crippen LogP contribution is -2.40. The van der Waals surface area contributed by atoms with Crippen LogP contribution in [-0.2, 0) is 17.6 Å². The maximum Gasteiger partial charge on any atom is 0.338 e. The number of benzene rings is 1. The molecule has 0 saturated carbocycles. The molecule has 0 saturated heterocycles. The molecule has 1 aliphatic rings. The topological polar surface area (TPSA) is 29.5 Å². The Kier molecular flexibility index (Phi) is 7.91. The second-order valence-electron chi connectivity index (χ2n) is 5.87. The maximum absolute atomic E-state index is 12.0.